The van der Waals surface area contributed by atoms with Crippen molar-refractivity contribution in [2.24, 2.45) is 0 Å². The molecule has 0 saturated heterocycles. The van der Waals surface area contributed by atoms with Crippen LogP contribution in [0.15, 0.2) is 0 Å². The van der Waals surface area contributed by atoms with Crippen molar-refractivity contribution in [3.8, 4) is 0 Å². The third-order valence-corrected chi connectivity index (χ3v) is 3.49. The van der Waals surface area contributed by atoms with E-state index in [2.05, 4.69) is 6.92 Å². The summed E-state index contributed by atoms with van der Waals surface area (Å²) in [5.41, 5.74) is 0. The Morgan fingerprint density at radius 2 is 0.800 bits per heavy atom. The maximum absolute atomic E-state index is 10.3. The number of carboxylic acid groups (broad SMARTS) is 1. The second-order valence-electron chi connectivity index (χ2n) is 6.20. The number of carbonyl (C=O) groups is 1. The van der Waals surface area contributed by atoms with Crippen LogP contribution in [-0.2, 0) is 64.5 Å². The third-order valence-electron chi connectivity index (χ3n) is 3.49. The smallest absolute Gasteiger partial charge is 0.759 e. The molecule has 1 N–H and O–H groups in total. The molecule has 0 atom stereocenters. The minimum atomic E-state index is -5.17. The van der Waals surface area contributed by atoms with E-state index in [0.717, 1.165) is 12.8 Å². The molecular formula is C16H32O10S2Zn2. The zero-order valence-corrected chi connectivity index (χ0v) is 25.3. The second kappa shape index (κ2) is 27.5. The Morgan fingerprint density at radius 3 is 1.00 bits per heavy atom. The van der Waals surface area contributed by atoms with E-state index >= 15 is 0 Å². The molecule has 0 aliphatic carbocycles. The molecule has 0 aromatic heterocycles. The molecule has 172 valence electrons. The predicted molar refractivity (Wildman–Crippen MR) is 98.9 cm³/mol. The largest absolute Gasteiger partial charge is 2.00 e. The van der Waals surface area contributed by atoms with Crippen LogP contribution in [0.2, 0.25) is 0 Å². The van der Waals surface area contributed by atoms with Gasteiger partial charge in [-0.1, -0.05) is 84.0 Å². The summed E-state index contributed by atoms with van der Waals surface area (Å²) in [4.78, 5) is 10.3. The average molecular weight is 579 g/mol. The first-order valence-corrected chi connectivity index (χ1v) is 12.0. The van der Waals surface area contributed by atoms with Crippen LogP contribution >= 0.6 is 0 Å². The first-order valence-electron chi connectivity index (χ1n) is 9.32. The molecule has 0 aromatic carbocycles. The molecule has 0 aliphatic rings. The molecule has 0 aliphatic heterocycles. The van der Waals surface area contributed by atoms with Gasteiger partial charge in [0.2, 0.25) is 0 Å². The second-order valence-corrected chi connectivity index (χ2v) is 7.84. The standard InChI is InChI=1S/C16H32O2.2H2O4S.2Zn/c1-2-3-4-5-6-7-8-9-10-11-12-13-14-15-16(17)18;2*1-5(2,3)4;;/h2-15H2,1H3,(H,17,18);2*(H2,1,2,3,4);;/q;;;2*+2/p-4. The zero-order chi connectivity index (χ0) is 22.5. The fraction of sp³-hybridized carbons (Fsp3) is 0.938. The molecule has 0 heterocycles. The normalized spacial score (nSPS) is 10.3. The van der Waals surface area contributed by atoms with Crippen molar-refractivity contribution in [3.05, 3.63) is 0 Å². The molecule has 0 aromatic rings. The van der Waals surface area contributed by atoms with Crippen LogP contribution in [0.1, 0.15) is 96.8 Å². The molecule has 30 heavy (non-hydrogen) atoms. The Labute approximate surface area is 206 Å². The molecule has 0 rings (SSSR count). The summed E-state index contributed by atoms with van der Waals surface area (Å²) in [6.07, 6.45) is 17.3. The van der Waals surface area contributed by atoms with Gasteiger partial charge in [0, 0.05) is 27.2 Å². The summed E-state index contributed by atoms with van der Waals surface area (Å²) in [5.74, 6) is -0.655. The topological polar surface area (TPSA) is 198 Å². The van der Waals surface area contributed by atoms with Crippen molar-refractivity contribution < 1.29 is 83.9 Å². The maximum atomic E-state index is 10.3. The number of carboxylic acids is 1. The monoisotopic (exact) mass is 576 g/mol. The molecule has 0 unspecified atom stereocenters. The van der Waals surface area contributed by atoms with Crippen LogP contribution in [-0.4, -0.2) is 46.1 Å². The predicted octanol–water partition coefficient (Wildman–Crippen LogP) is 2.87. The first kappa shape index (κ1) is 40.8. The SMILES string of the molecule is CCCCCCCCCCCCCCCC(=O)O.O=S(=O)([O-])[O-].O=S(=O)([O-])[O-].[Zn+2].[Zn+2]. The first-order chi connectivity index (χ1) is 12.8. The summed E-state index contributed by atoms with van der Waals surface area (Å²) in [6.45, 7) is 2.26. The zero-order valence-electron chi connectivity index (χ0n) is 17.8. The molecule has 14 heteroatoms. The number of unbranched alkanes of at least 4 members (excludes halogenated alkanes) is 12. The summed E-state index contributed by atoms with van der Waals surface area (Å²) in [5, 5.41) is 8.49. The Morgan fingerprint density at radius 1 is 0.600 bits per heavy atom. The molecule has 0 bridgehead atoms. The number of rotatable bonds is 14. The van der Waals surface area contributed by atoms with E-state index in [4.69, 9.17) is 40.2 Å². The van der Waals surface area contributed by atoms with Gasteiger partial charge < -0.3 is 23.3 Å². The number of aliphatic carboxylic acids is 1. The van der Waals surface area contributed by atoms with Gasteiger partial charge in [0.1, 0.15) is 0 Å². The van der Waals surface area contributed by atoms with Gasteiger partial charge in [-0.15, -0.1) is 0 Å². The van der Waals surface area contributed by atoms with Crippen LogP contribution in [0.25, 0.3) is 0 Å². The van der Waals surface area contributed by atoms with E-state index in [1.54, 1.807) is 0 Å². The Hall–Kier alpha value is 0.457. The van der Waals surface area contributed by atoms with Crippen LogP contribution in [0.3, 0.4) is 0 Å². The van der Waals surface area contributed by atoms with Crippen molar-refractivity contribution in [2.75, 3.05) is 0 Å². The maximum Gasteiger partial charge on any atom is 2.00 e. The number of hydrogen-bond acceptors (Lipinski definition) is 9. The molecule has 0 spiro atoms. The summed E-state index contributed by atoms with van der Waals surface area (Å²) < 4.78 is 68.2. The quantitative estimate of drug-likeness (QED) is 0.138. The fourth-order valence-electron chi connectivity index (χ4n) is 2.29. The summed E-state index contributed by atoms with van der Waals surface area (Å²) >= 11 is 0. The molecule has 0 radical (unpaired) electrons. The van der Waals surface area contributed by atoms with Crippen LogP contribution in [0.4, 0.5) is 0 Å². The average Bonchev–Trinajstić information content (AvgIpc) is 2.48. The fourth-order valence-corrected chi connectivity index (χ4v) is 2.29. The van der Waals surface area contributed by atoms with Gasteiger partial charge in [-0.2, -0.15) is 0 Å². The molecule has 0 saturated carbocycles. The molecule has 10 nitrogen and oxygen atoms in total. The van der Waals surface area contributed by atoms with E-state index in [1.165, 1.54) is 70.6 Å². The molecule has 0 fully saturated rings. The minimum Gasteiger partial charge on any atom is -0.759 e. The third kappa shape index (κ3) is 89.8. The summed E-state index contributed by atoms with van der Waals surface area (Å²) in [7, 11) is -10.3. The van der Waals surface area contributed by atoms with Gasteiger partial charge >= 0.3 is 44.9 Å². The number of hydrogen-bond donors (Lipinski definition) is 1. The summed E-state index contributed by atoms with van der Waals surface area (Å²) in [6, 6.07) is 0. The van der Waals surface area contributed by atoms with Crippen LogP contribution < -0.4 is 0 Å². The van der Waals surface area contributed by atoms with Gasteiger partial charge in [0.25, 0.3) is 0 Å². The van der Waals surface area contributed by atoms with Crippen LogP contribution in [0, 0.1) is 0 Å². The van der Waals surface area contributed by atoms with Crippen molar-refractivity contribution in [2.45, 2.75) is 96.8 Å². The van der Waals surface area contributed by atoms with Gasteiger partial charge in [-0.3, -0.25) is 21.6 Å². The van der Waals surface area contributed by atoms with E-state index in [-0.39, 0.29) is 39.0 Å². The van der Waals surface area contributed by atoms with Gasteiger partial charge in [-0.25, -0.2) is 0 Å². The van der Waals surface area contributed by atoms with Gasteiger partial charge in [-0.05, 0) is 6.42 Å². The Balaban J connectivity index is -0.000000145. The van der Waals surface area contributed by atoms with Crippen molar-refractivity contribution in [1.82, 2.24) is 0 Å². The van der Waals surface area contributed by atoms with E-state index in [1.807, 2.05) is 0 Å². The minimum absolute atomic E-state index is 0. The van der Waals surface area contributed by atoms with Gasteiger partial charge in [0.15, 0.2) is 0 Å². The molecular weight excluding hydrogens is 547 g/mol. The Kier molecular flexibility index (Phi) is 37.4. The molecule has 0 amide bonds. The van der Waals surface area contributed by atoms with E-state index in [9.17, 15) is 4.79 Å². The van der Waals surface area contributed by atoms with Crippen LogP contribution in [0.5, 0.6) is 0 Å². The van der Waals surface area contributed by atoms with Crippen molar-refractivity contribution >= 4 is 26.8 Å². The van der Waals surface area contributed by atoms with Crippen molar-refractivity contribution in [3.63, 3.8) is 0 Å². The van der Waals surface area contributed by atoms with E-state index in [0.29, 0.717) is 6.42 Å². The Bertz CT molecular complexity index is 508. The van der Waals surface area contributed by atoms with E-state index < -0.39 is 26.8 Å². The van der Waals surface area contributed by atoms with Crippen molar-refractivity contribution in [1.29, 1.82) is 0 Å². The van der Waals surface area contributed by atoms with Gasteiger partial charge in [0.05, 0.1) is 0 Å².